The van der Waals surface area contributed by atoms with Gasteiger partial charge in [-0.25, -0.2) is 0 Å². The minimum absolute atomic E-state index is 0.00163. The highest BCUT2D eigenvalue weighted by Gasteiger charge is 2.23. The fourth-order valence-electron chi connectivity index (χ4n) is 6.27. The highest BCUT2D eigenvalue weighted by molar-refractivity contribution is 7.45. The van der Waals surface area contributed by atoms with E-state index >= 15 is 0 Å². The molecule has 0 aliphatic heterocycles. The molecular formula is C42H85N2O6P. The Morgan fingerprint density at radius 2 is 1.06 bits per heavy atom. The van der Waals surface area contributed by atoms with E-state index in [0.29, 0.717) is 17.4 Å². The second kappa shape index (κ2) is 35.0. The van der Waals surface area contributed by atoms with E-state index in [1.54, 1.807) is 6.08 Å². The first-order chi connectivity index (χ1) is 24.5. The van der Waals surface area contributed by atoms with Gasteiger partial charge in [-0.05, 0) is 19.3 Å². The Kier molecular flexibility index (Phi) is 34.5. The first-order valence-electron chi connectivity index (χ1n) is 21.6. The van der Waals surface area contributed by atoms with Crippen molar-refractivity contribution in [1.29, 1.82) is 0 Å². The van der Waals surface area contributed by atoms with Crippen molar-refractivity contribution in [3.8, 4) is 0 Å². The van der Waals surface area contributed by atoms with Gasteiger partial charge in [-0.2, -0.15) is 0 Å². The molecule has 0 rings (SSSR count). The molecule has 0 aliphatic rings. The Balaban J connectivity index is 4.28. The van der Waals surface area contributed by atoms with Gasteiger partial charge in [0.1, 0.15) is 13.2 Å². The summed E-state index contributed by atoms with van der Waals surface area (Å²) in [6, 6.07) is -0.878. The molecule has 0 bridgehead atoms. The van der Waals surface area contributed by atoms with Crippen molar-refractivity contribution < 1.29 is 32.9 Å². The maximum atomic E-state index is 12.7. The second-order valence-corrected chi connectivity index (χ2v) is 17.5. The molecule has 0 aliphatic carbocycles. The van der Waals surface area contributed by atoms with Crippen LogP contribution in [0.4, 0.5) is 0 Å². The number of likely N-dealkylation sites (N-methyl/N-ethyl adjacent to an activating group) is 1. The number of hydrogen-bond donors (Lipinski definition) is 2. The topological polar surface area (TPSA) is 108 Å². The van der Waals surface area contributed by atoms with Crippen molar-refractivity contribution in [3.63, 3.8) is 0 Å². The van der Waals surface area contributed by atoms with Crippen molar-refractivity contribution in [2.45, 2.75) is 212 Å². The molecule has 0 fully saturated rings. The van der Waals surface area contributed by atoms with E-state index in [-0.39, 0.29) is 19.1 Å². The number of quaternary nitrogens is 1. The molecule has 0 saturated heterocycles. The number of phosphoric acid groups is 1. The smallest absolute Gasteiger partial charge is 0.268 e. The average molecular weight is 745 g/mol. The van der Waals surface area contributed by atoms with Crippen LogP contribution in [-0.2, 0) is 18.4 Å². The van der Waals surface area contributed by atoms with Gasteiger partial charge in [0.15, 0.2) is 0 Å². The zero-order valence-electron chi connectivity index (χ0n) is 34.3. The van der Waals surface area contributed by atoms with E-state index in [2.05, 4.69) is 19.2 Å². The molecule has 0 aromatic heterocycles. The summed E-state index contributed by atoms with van der Waals surface area (Å²) in [6.07, 6.45) is 38.4. The number of carbonyl (C=O) groups excluding carboxylic acids is 1. The predicted molar refractivity (Wildman–Crippen MR) is 215 cm³/mol. The molecule has 304 valence electrons. The summed E-state index contributed by atoms with van der Waals surface area (Å²) in [5, 5.41) is 13.7. The van der Waals surface area contributed by atoms with E-state index in [4.69, 9.17) is 9.05 Å². The predicted octanol–water partition coefficient (Wildman–Crippen LogP) is 10.9. The fourth-order valence-corrected chi connectivity index (χ4v) is 6.99. The van der Waals surface area contributed by atoms with Crippen LogP contribution in [0.5, 0.6) is 0 Å². The largest absolute Gasteiger partial charge is 0.756 e. The number of unbranched alkanes of at least 4 members (excludes halogenated alkanes) is 26. The quantitative estimate of drug-likeness (QED) is 0.0281. The van der Waals surface area contributed by atoms with Crippen LogP contribution in [0.25, 0.3) is 0 Å². The molecule has 0 aromatic rings. The van der Waals surface area contributed by atoms with E-state index in [1.807, 2.05) is 27.2 Å². The molecular weight excluding hydrogens is 659 g/mol. The fraction of sp³-hybridized carbons (Fsp3) is 0.929. The molecule has 51 heavy (non-hydrogen) atoms. The van der Waals surface area contributed by atoms with Crippen LogP contribution < -0.4 is 10.2 Å². The summed E-state index contributed by atoms with van der Waals surface area (Å²) in [5.74, 6) is -0.201. The number of nitrogens with zero attached hydrogens (tertiary/aromatic N) is 1. The zero-order chi connectivity index (χ0) is 37.9. The molecule has 0 aromatic carbocycles. The lowest BCUT2D eigenvalue weighted by Gasteiger charge is -2.29. The van der Waals surface area contributed by atoms with Crippen molar-refractivity contribution in [2.24, 2.45) is 0 Å². The minimum Gasteiger partial charge on any atom is -0.756 e. The number of amides is 1. The van der Waals surface area contributed by atoms with E-state index in [1.165, 1.54) is 141 Å². The lowest BCUT2D eigenvalue weighted by atomic mass is 10.0. The first-order valence-corrected chi connectivity index (χ1v) is 23.0. The van der Waals surface area contributed by atoms with Gasteiger partial charge in [0, 0.05) is 6.42 Å². The van der Waals surface area contributed by atoms with Gasteiger partial charge in [0.2, 0.25) is 5.91 Å². The third kappa shape index (κ3) is 37.4. The van der Waals surface area contributed by atoms with Crippen LogP contribution in [0, 0.1) is 0 Å². The SMILES string of the molecule is CCCCCCCCCCCCCCCCCCCCC/C=C/C(O)C(COP(=O)([O-])OCC[N+](C)(C)C)NC(=O)CCCCCCCCCC. The maximum Gasteiger partial charge on any atom is 0.268 e. The highest BCUT2D eigenvalue weighted by Crippen LogP contribution is 2.38. The van der Waals surface area contributed by atoms with Gasteiger partial charge in [0.05, 0.1) is 39.9 Å². The molecule has 0 spiro atoms. The Hall–Kier alpha value is -0.760. The van der Waals surface area contributed by atoms with Crippen molar-refractivity contribution in [1.82, 2.24) is 5.32 Å². The van der Waals surface area contributed by atoms with Gasteiger partial charge in [-0.15, -0.1) is 0 Å². The van der Waals surface area contributed by atoms with Gasteiger partial charge < -0.3 is 28.8 Å². The van der Waals surface area contributed by atoms with Crippen LogP contribution in [0.2, 0.25) is 0 Å². The highest BCUT2D eigenvalue weighted by atomic mass is 31.2. The molecule has 0 radical (unpaired) electrons. The van der Waals surface area contributed by atoms with E-state index in [0.717, 1.165) is 38.5 Å². The van der Waals surface area contributed by atoms with Crippen LogP contribution in [0.3, 0.4) is 0 Å². The number of allylic oxidation sites excluding steroid dienone is 1. The number of aliphatic hydroxyl groups excluding tert-OH is 1. The Labute approximate surface area is 316 Å². The third-order valence-electron chi connectivity index (χ3n) is 9.75. The summed E-state index contributed by atoms with van der Waals surface area (Å²) in [5.41, 5.74) is 0. The Morgan fingerprint density at radius 3 is 1.47 bits per heavy atom. The number of nitrogens with one attached hydrogen (secondary N) is 1. The van der Waals surface area contributed by atoms with Gasteiger partial charge in [-0.3, -0.25) is 9.36 Å². The maximum absolute atomic E-state index is 12.7. The van der Waals surface area contributed by atoms with Crippen molar-refractivity contribution in [2.75, 3.05) is 40.9 Å². The summed E-state index contributed by atoms with van der Waals surface area (Å²) in [4.78, 5) is 25.1. The Bertz CT molecular complexity index is 850. The lowest BCUT2D eigenvalue weighted by molar-refractivity contribution is -0.870. The normalized spacial score (nSPS) is 14.6. The third-order valence-corrected chi connectivity index (χ3v) is 10.7. The van der Waals surface area contributed by atoms with Crippen molar-refractivity contribution in [3.05, 3.63) is 12.2 Å². The minimum atomic E-state index is -4.57. The standard InChI is InChI=1S/C42H85N2O6P/c1-6-8-10-12-14-16-17-18-19-20-21-22-23-24-25-26-27-28-29-31-33-35-41(45)40(39-50-51(47,48)49-38-37-44(3,4)5)43-42(46)36-34-32-30-15-13-11-9-7-2/h33,35,40-41,45H,6-32,34,36-39H2,1-5H3,(H-,43,46,47,48)/b35-33+. The zero-order valence-corrected chi connectivity index (χ0v) is 35.2. The average Bonchev–Trinajstić information content (AvgIpc) is 3.07. The molecule has 0 saturated carbocycles. The van der Waals surface area contributed by atoms with Crippen LogP contribution in [-0.4, -0.2) is 68.5 Å². The number of rotatable bonds is 39. The molecule has 3 unspecified atom stereocenters. The molecule has 0 heterocycles. The van der Waals surface area contributed by atoms with E-state index < -0.39 is 20.0 Å². The summed E-state index contributed by atoms with van der Waals surface area (Å²) in [6.45, 7) is 4.62. The lowest BCUT2D eigenvalue weighted by Crippen LogP contribution is -2.45. The summed E-state index contributed by atoms with van der Waals surface area (Å²) < 4.78 is 23.1. The van der Waals surface area contributed by atoms with E-state index in [9.17, 15) is 19.4 Å². The van der Waals surface area contributed by atoms with Gasteiger partial charge in [-0.1, -0.05) is 187 Å². The van der Waals surface area contributed by atoms with Gasteiger partial charge >= 0.3 is 0 Å². The van der Waals surface area contributed by atoms with Crippen LogP contribution >= 0.6 is 7.82 Å². The molecule has 8 nitrogen and oxygen atoms in total. The van der Waals surface area contributed by atoms with Crippen LogP contribution in [0.1, 0.15) is 200 Å². The summed E-state index contributed by atoms with van der Waals surface area (Å²) >= 11 is 0. The number of aliphatic hydroxyl groups is 1. The first kappa shape index (κ1) is 50.2. The van der Waals surface area contributed by atoms with Crippen molar-refractivity contribution >= 4 is 13.7 Å². The monoisotopic (exact) mass is 745 g/mol. The molecule has 3 atom stereocenters. The number of carbonyl (C=O) groups is 1. The Morgan fingerprint density at radius 1 is 0.667 bits per heavy atom. The summed E-state index contributed by atoms with van der Waals surface area (Å²) in [7, 11) is 1.27. The second-order valence-electron chi connectivity index (χ2n) is 16.1. The molecule has 1 amide bonds. The van der Waals surface area contributed by atoms with Gasteiger partial charge in [0.25, 0.3) is 7.82 Å². The number of phosphoric ester groups is 1. The molecule has 9 heteroatoms. The van der Waals surface area contributed by atoms with Crippen LogP contribution in [0.15, 0.2) is 12.2 Å². The molecule has 2 N–H and O–H groups in total. The number of hydrogen-bond acceptors (Lipinski definition) is 6.